The standard InChI is InChI=1S/C11H12FN3OS/c1-16-11-3-10(9(13)2-8(11)12)14-4-7-5-17-6-15-7/h2-3,5-6,14H,4,13H2,1H3. The molecule has 90 valence electrons. The number of hydrogen-bond donors (Lipinski definition) is 2. The van der Waals surface area contributed by atoms with Crippen molar-refractivity contribution in [1.29, 1.82) is 0 Å². The SMILES string of the molecule is COc1cc(NCc2cscn2)c(N)cc1F. The van der Waals surface area contributed by atoms with Gasteiger partial charge in [-0.25, -0.2) is 9.37 Å². The molecule has 0 aliphatic heterocycles. The van der Waals surface area contributed by atoms with E-state index in [0.717, 1.165) is 5.69 Å². The Hall–Kier alpha value is -1.82. The molecule has 1 aromatic carbocycles. The van der Waals surface area contributed by atoms with Crippen molar-refractivity contribution >= 4 is 22.7 Å². The minimum atomic E-state index is -0.468. The van der Waals surface area contributed by atoms with E-state index < -0.39 is 5.82 Å². The first-order chi connectivity index (χ1) is 8.20. The zero-order chi connectivity index (χ0) is 12.3. The topological polar surface area (TPSA) is 60.2 Å². The lowest BCUT2D eigenvalue weighted by Gasteiger charge is -2.10. The molecule has 0 saturated heterocycles. The van der Waals surface area contributed by atoms with Gasteiger partial charge < -0.3 is 15.8 Å². The summed E-state index contributed by atoms with van der Waals surface area (Å²) >= 11 is 1.52. The summed E-state index contributed by atoms with van der Waals surface area (Å²) in [5, 5.41) is 5.02. The Kier molecular flexibility index (Phi) is 3.43. The van der Waals surface area contributed by atoms with Gasteiger partial charge in [0.2, 0.25) is 0 Å². The van der Waals surface area contributed by atoms with Gasteiger partial charge in [0, 0.05) is 17.5 Å². The van der Waals surface area contributed by atoms with Crippen molar-refractivity contribution in [2.24, 2.45) is 0 Å². The fourth-order valence-electron chi connectivity index (χ4n) is 1.39. The molecule has 17 heavy (non-hydrogen) atoms. The number of halogens is 1. The van der Waals surface area contributed by atoms with E-state index in [2.05, 4.69) is 10.3 Å². The summed E-state index contributed by atoms with van der Waals surface area (Å²) in [4.78, 5) is 4.13. The number of anilines is 2. The van der Waals surface area contributed by atoms with Gasteiger partial charge in [-0.1, -0.05) is 0 Å². The molecule has 0 radical (unpaired) electrons. The average Bonchev–Trinajstić information content (AvgIpc) is 2.81. The number of nitrogen functional groups attached to an aromatic ring is 1. The monoisotopic (exact) mass is 253 g/mol. The van der Waals surface area contributed by atoms with Crippen LogP contribution in [0.15, 0.2) is 23.0 Å². The molecule has 1 aromatic heterocycles. The molecule has 0 bridgehead atoms. The van der Waals surface area contributed by atoms with Gasteiger partial charge in [-0.05, 0) is 0 Å². The molecule has 0 fully saturated rings. The van der Waals surface area contributed by atoms with Crippen LogP contribution in [0.25, 0.3) is 0 Å². The number of rotatable bonds is 4. The number of nitrogens with zero attached hydrogens (tertiary/aromatic N) is 1. The number of nitrogens with one attached hydrogen (secondary N) is 1. The van der Waals surface area contributed by atoms with Gasteiger partial charge in [0.15, 0.2) is 11.6 Å². The van der Waals surface area contributed by atoms with Crippen LogP contribution in [0.3, 0.4) is 0 Å². The lowest BCUT2D eigenvalue weighted by Crippen LogP contribution is -2.04. The quantitative estimate of drug-likeness (QED) is 0.822. The molecule has 2 aromatic rings. The van der Waals surface area contributed by atoms with Crippen molar-refractivity contribution in [2.75, 3.05) is 18.2 Å². The molecule has 0 unspecified atom stereocenters. The van der Waals surface area contributed by atoms with E-state index in [9.17, 15) is 4.39 Å². The van der Waals surface area contributed by atoms with E-state index in [1.807, 2.05) is 5.38 Å². The first kappa shape index (κ1) is 11.7. The third-order valence-electron chi connectivity index (χ3n) is 2.27. The second-order valence-electron chi connectivity index (χ2n) is 3.41. The van der Waals surface area contributed by atoms with Crippen LogP contribution in [0.4, 0.5) is 15.8 Å². The largest absolute Gasteiger partial charge is 0.494 e. The average molecular weight is 253 g/mol. The van der Waals surface area contributed by atoms with E-state index in [4.69, 9.17) is 10.5 Å². The number of ether oxygens (including phenoxy) is 1. The van der Waals surface area contributed by atoms with Gasteiger partial charge in [0.05, 0.1) is 36.2 Å². The van der Waals surface area contributed by atoms with Crippen LogP contribution in [-0.4, -0.2) is 12.1 Å². The predicted octanol–water partition coefficient (Wildman–Crippen LogP) is 2.49. The van der Waals surface area contributed by atoms with E-state index >= 15 is 0 Å². The summed E-state index contributed by atoms with van der Waals surface area (Å²) in [6.45, 7) is 0.544. The Morgan fingerprint density at radius 1 is 1.53 bits per heavy atom. The van der Waals surface area contributed by atoms with Gasteiger partial charge in [-0.15, -0.1) is 11.3 Å². The molecule has 0 saturated carbocycles. The first-order valence-corrected chi connectivity index (χ1v) is 5.89. The predicted molar refractivity (Wildman–Crippen MR) is 66.8 cm³/mol. The van der Waals surface area contributed by atoms with Gasteiger partial charge in [0.25, 0.3) is 0 Å². The van der Waals surface area contributed by atoms with Crippen molar-refractivity contribution in [2.45, 2.75) is 6.54 Å². The minimum absolute atomic E-state index is 0.167. The number of benzene rings is 1. The molecule has 6 heteroatoms. The van der Waals surface area contributed by atoms with Gasteiger partial charge in [-0.2, -0.15) is 0 Å². The number of nitrogens with two attached hydrogens (primary N) is 1. The normalized spacial score (nSPS) is 10.2. The smallest absolute Gasteiger partial charge is 0.167 e. The fourth-order valence-corrected chi connectivity index (χ4v) is 1.95. The Morgan fingerprint density at radius 3 is 3.00 bits per heavy atom. The van der Waals surface area contributed by atoms with Crippen molar-refractivity contribution in [3.8, 4) is 5.75 Å². The van der Waals surface area contributed by atoms with E-state index in [1.165, 1.54) is 30.6 Å². The number of methoxy groups -OCH3 is 1. The van der Waals surface area contributed by atoms with Crippen molar-refractivity contribution in [3.05, 3.63) is 34.5 Å². The van der Waals surface area contributed by atoms with Crippen molar-refractivity contribution < 1.29 is 9.13 Å². The lowest BCUT2D eigenvalue weighted by molar-refractivity contribution is 0.387. The minimum Gasteiger partial charge on any atom is -0.494 e. The summed E-state index contributed by atoms with van der Waals surface area (Å²) in [5.74, 6) is -0.302. The highest BCUT2D eigenvalue weighted by atomic mass is 32.1. The molecule has 0 aliphatic rings. The van der Waals surface area contributed by atoms with Crippen LogP contribution in [0, 0.1) is 5.82 Å². The van der Waals surface area contributed by atoms with Crippen LogP contribution in [0.2, 0.25) is 0 Å². The van der Waals surface area contributed by atoms with Crippen molar-refractivity contribution in [3.63, 3.8) is 0 Å². The van der Waals surface area contributed by atoms with Crippen LogP contribution in [-0.2, 0) is 6.54 Å². The summed E-state index contributed by atoms with van der Waals surface area (Å²) in [5.41, 5.74) is 9.36. The molecule has 0 spiro atoms. The Balaban J connectivity index is 2.15. The number of hydrogen-bond acceptors (Lipinski definition) is 5. The second-order valence-corrected chi connectivity index (χ2v) is 4.13. The zero-order valence-electron chi connectivity index (χ0n) is 9.24. The Bertz CT molecular complexity index is 502. The van der Waals surface area contributed by atoms with E-state index in [-0.39, 0.29) is 5.75 Å². The molecule has 0 amide bonds. The van der Waals surface area contributed by atoms with E-state index in [0.29, 0.717) is 17.9 Å². The maximum absolute atomic E-state index is 13.3. The molecular formula is C11H12FN3OS. The third-order valence-corrected chi connectivity index (χ3v) is 2.90. The van der Waals surface area contributed by atoms with Gasteiger partial charge in [0.1, 0.15) is 0 Å². The highest BCUT2D eigenvalue weighted by Gasteiger charge is 2.08. The maximum atomic E-state index is 13.3. The first-order valence-electron chi connectivity index (χ1n) is 4.94. The molecule has 0 aliphatic carbocycles. The summed E-state index contributed by atoms with van der Waals surface area (Å²) in [6, 6.07) is 2.78. The Labute approximate surface area is 102 Å². The van der Waals surface area contributed by atoms with Gasteiger partial charge >= 0.3 is 0 Å². The van der Waals surface area contributed by atoms with Crippen LogP contribution < -0.4 is 15.8 Å². The zero-order valence-corrected chi connectivity index (χ0v) is 10.1. The summed E-state index contributed by atoms with van der Waals surface area (Å²) in [6.07, 6.45) is 0. The summed E-state index contributed by atoms with van der Waals surface area (Å²) in [7, 11) is 1.42. The van der Waals surface area contributed by atoms with Crippen LogP contribution >= 0.6 is 11.3 Å². The molecule has 1 heterocycles. The lowest BCUT2D eigenvalue weighted by atomic mass is 10.2. The number of aromatic nitrogens is 1. The fraction of sp³-hybridized carbons (Fsp3) is 0.182. The third kappa shape index (κ3) is 2.65. The molecule has 4 nitrogen and oxygen atoms in total. The van der Waals surface area contributed by atoms with Crippen molar-refractivity contribution in [1.82, 2.24) is 4.98 Å². The molecule has 3 N–H and O–H groups in total. The van der Waals surface area contributed by atoms with Crippen LogP contribution in [0.5, 0.6) is 5.75 Å². The summed E-state index contributed by atoms with van der Waals surface area (Å²) < 4.78 is 18.2. The maximum Gasteiger partial charge on any atom is 0.167 e. The molecule has 0 atom stereocenters. The highest BCUT2D eigenvalue weighted by Crippen LogP contribution is 2.28. The number of thiazole rings is 1. The van der Waals surface area contributed by atoms with E-state index in [1.54, 1.807) is 5.51 Å². The molecule has 2 rings (SSSR count). The highest BCUT2D eigenvalue weighted by molar-refractivity contribution is 7.07. The van der Waals surface area contributed by atoms with Gasteiger partial charge in [-0.3, -0.25) is 0 Å². The van der Waals surface area contributed by atoms with Crippen LogP contribution in [0.1, 0.15) is 5.69 Å². The Morgan fingerprint density at radius 2 is 2.35 bits per heavy atom. The molecular weight excluding hydrogens is 241 g/mol. The second kappa shape index (κ2) is 5.01.